The summed E-state index contributed by atoms with van der Waals surface area (Å²) >= 11 is 8.01. The van der Waals surface area contributed by atoms with E-state index in [0.29, 0.717) is 5.92 Å². The number of nitrogens with one attached hydrogen (secondary N) is 2. The summed E-state index contributed by atoms with van der Waals surface area (Å²) in [5, 5.41) is 10.9. The van der Waals surface area contributed by atoms with Gasteiger partial charge in [0.05, 0.1) is 10.7 Å². The lowest BCUT2D eigenvalue weighted by molar-refractivity contribution is 0.180. The molecular formula is C22H32ClN5S. The Morgan fingerprint density at radius 1 is 1.28 bits per heavy atom. The molecule has 5 nitrogen and oxygen atoms in total. The number of hydrogen-bond donors (Lipinski definition) is 2. The summed E-state index contributed by atoms with van der Waals surface area (Å²) in [6.45, 7) is 9.92. The van der Waals surface area contributed by atoms with Gasteiger partial charge in [0.2, 0.25) is 0 Å². The number of hydrogen-bond acceptors (Lipinski definition) is 4. The van der Waals surface area contributed by atoms with Crippen molar-refractivity contribution in [2.75, 3.05) is 32.7 Å². The molecular weight excluding hydrogens is 402 g/mol. The van der Waals surface area contributed by atoms with Crippen LogP contribution in [0, 0.1) is 12.8 Å². The third-order valence-electron chi connectivity index (χ3n) is 5.25. The quantitative estimate of drug-likeness (QED) is 0.485. The van der Waals surface area contributed by atoms with Crippen molar-refractivity contribution < 1.29 is 0 Å². The lowest BCUT2D eigenvalue weighted by Crippen LogP contribution is -2.39. The van der Waals surface area contributed by atoms with E-state index in [0.717, 1.165) is 67.4 Å². The van der Waals surface area contributed by atoms with E-state index in [1.54, 1.807) is 11.3 Å². The van der Waals surface area contributed by atoms with E-state index in [4.69, 9.17) is 16.6 Å². The molecule has 1 aromatic carbocycles. The molecule has 1 aliphatic rings. The maximum atomic E-state index is 6.31. The van der Waals surface area contributed by atoms with Gasteiger partial charge in [0, 0.05) is 43.0 Å². The van der Waals surface area contributed by atoms with Gasteiger partial charge in [-0.3, -0.25) is 9.89 Å². The molecule has 0 spiro atoms. The molecule has 2 N–H and O–H groups in total. The van der Waals surface area contributed by atoms with Crippen molar-refractivity contribution in [2.24, 2.45) is 10.9 Å². The van der Waals surface area contributed by atoms with Crippen LogP contribution in [0.4, 0.5) is 0 Å². The zero-order chi connectivity index (χ0) is 20.5. The molecule has 0 radical (unpaired) electrons. The van der Waals surface area contributed by atoms with Gasteiger partial charge >= 0.3 is 0 Å². The smallest absolute Gasteiger partial charge is 0.191 e. The van der Waals surface area contributed by atoms with Crippen LogP contribution in [0.15, 0.2) is 34.6 Å². The Labute approximate surface area is 183 Å². The lowest BCUT2D eigenvalue weighted by atomic mass is 9.96. The Kier molecular flexibility index (Phi) is 8.77. The van der Waals surface area contributed by atoms with Crippen LogP contribution >= 0.6 is 22.9 Å². The Bertz CT molecular complexity index is 783. The van der Waals surface area contributed by atoms with Crippen LogP contribution in [0.5, 0.6) is 0 Å². The van der Waals surface area contributed by atoms with Gasteiger partial charge in [0.1, 0.15) is 0 Å². The van der Waals surface area contributed by atoms with Crippen molar-refractivity contribution in [3.05, 3.63) is 50.9 Å². The van der Waals surface area contributed by atoms with Crippen molar-refractivity contribution in [3.8, 4) is 0 Å². The second-order valence-corrected chi connectivity index (χ2v) is 9.03. The highest BCUT2D eigenvalue weighted by Crippen LogP contribution is 2.22. The number of likely N-dealkylation sites (tertiary alicyclic amines) is 1. The summed E-state index contributed by atoms with van der Waals surface area (Å²) in [6.07, 6.45) is 3.30. The number of benzene rings is 1. The lowest BCUT2D eigenvalue weighted by Gasteiger charge is -2.31. The Hall–Kier alpha value is -1.63. The first-order chi connectivity index (χ1) is 14.1. The highest BCUT2D eigenvalue weighted by Gasteiger charge is 2.19. The Balaban J connectivity index is 1.41. The van der Waals surface area contributed by atoms with Gasteiger partial charge in [0.25, 0.3) is 0 Å². The monoisotopic (exact) mass is 433 g/mol. The Morgan fingerprint density at radius 2 is 2.07 bits per heavy atom. The third kappa shape index (κ3) is 7.28. The summed E-state index contributed by atoms with van der Waals surface area (Å²) in [6, 6.07) is 8.15. The molecule has 1 aromatic heterocycles. The van der Waals surface area contributed by atoms with E-state index in [1.807, 2.05) is 19.1 Å². The molecule has 158 valence electrons. The van der Waals surface area contributed by atoms with Crippen molar-refractivity contribution in [2.45, 2.75) is 39.7 Å². The van der Waals surface area contributed by atoms with Crippen molar-refractivity contribution in [1.82, 2.24) is 20.5 Å². The van der Waals surface area contributed by atoms with E-state index < -0.39 is 0 Å². The summed E-state index contributed by atoms with van der Waals surface area (Å²) in [4.78, 5) is 11.9. The van der Waals surface area contributed by atoms with Crippen LogP contribution in [0.2, 0.25) is 5.02 Å². The van der Waals surface area contributed by atoms with E-state index >= 15 is 0 Å². The maximum Gasteiger partial charge on any atom is 0.191 e. The molecule has 29 heavy (non-hydrogen) atoms. The predicted octanol–water partition coefficient (Wildman–Crippen LogP) is 4.11. The fourth-order valence-electron chi connectivity index (χ4n) is 3.59. The van der Waals surface area contributed by atoms with Crippen LogP contribution < -0.4 is 10.6 Å². The number of aromatic nitrogens is 1. The van der Waals surface area contributed by atoms with Crippen LogP contribution in [-0.2, 0) is 13.0 Å². The summed E-state index contributed by atoms with van der Waals surface area (Å²) < 4.78 is 0. The molecule has 3 rings (SSSR count). The molecule has 0 bridgehead atoms. The maximum absolute atomic E-state index is 6.31. The van der Waals surface area contributed by atoms with Crippen molar-refractivity contribution in [1.29, 1.82) is 0 Å². The second-order valence-electron chi connectivity index (χ2n) is 7.57. The second kappa shape index (κ2) is 11.5. The molecule has 2 aromatic rings. The molecule has 2 heterocycles. The summed E-state index contributed by atoms with van der Waals surface area (Å²) in [5.41, 5.74) is 2.38. The van der Waals surface area contributed by atoms with Gasteiger partial charge in [-0.15, -0.1) is 11.3 Å². The number of rotatable bonds is 8. The highest BCUT2D eigenvalue weighted by molar-refractivity contribution is 7.09. The molecule has 0 unspecified atom stereocenters. The van der Waals surface area contributed by atoms with Gasteiger partial charge in [-0.25, -0.2) is 4.98 Å². The van der Waals surface area contributed by atoms with Gasteiger partial charge in [-0.2, -0.15) is 0 Å². The molecule has 1 saturated heterocycles. The van der Waals surface area contributed by atoms with E-state index in [9.17, 15) is 0 Å². The standard InChI is InChI=1S/C22H32ClN5S/c1-3-24-22(25-11-8-20-16-29-17(2)27-20)26-14-18-9-12-28(13-10-18)15-19-6-4-5-7-21(19)23/h4-7,16,18H,3,8-15H2,1-2H3,(H2,24,25,26). The fraction of sp³-hybridized carbons (Fsp3) is 0.545. The number of nitrogens with zero attached hydrogens (tertiary/aromatic N) is 3. The minimum absolute atomic E-state index is 0.647. The number of piperidine rings is 1. The SMILES string of the molecule is CCNC(=NCC1CCN(Cc2ccccc2Cl)CC1)NCCc1csc(C)n1. The van der Waals surface area contributed by atoms with Crippen LogP contribution in [0.1, 0.15) is 36.0 Å². The minimum Gasteiger partial charge on any atom is -0.357 e. The number of guanidine groups is 1. The normalized spacial score (nSPS) is 16.2. The van der Waals surface area contributed by atoms with Crippen molar-refractivity contribution in [3.63, 3.8) is 0 Å². The minimum atomic E-state index is 0.647. The average Bonchev–Trinajstić information content (AvgIpc) is 3.14. The molecule has 7 heteroatoms. The van der Waals surface area contributed by atoms with E-state index in [2.05, 4.69) is 45.0 Å². The molecule has 1 fully saturated rings. The zero-order valence-corrected chi connectivity index (χ0v) is 19.0. The van der Waals surface area contributed by atoms with Crippen molar-refractivity contribution >= 4 is 28.9 Å². The summed E-state index contributed by atoms with van der Waals surface area (Å²) in [5.74, 6) is 1.56. The first kappa shape index (κ1) is 22.1. The van der Waals surface area contributed by atoms with E-state index in [-0.39, 0.29) is 0 Å². The van der Waals surface area contributed by atoms with Crippen LogP contribution in [0.25, 0.3) is 0 Å². The fourth-order valence-corrected chi connectivity index (χ4v) is 4.43. The largest absolute Gasteiger partial charge is 0.357 e. The molecule has 1 aliphatic heterocycles. The predicted molar refractivity (Wildman–Crippen MR) is 124 cm³/mol. The van der Waals surface area contributed by atoms with E-state index in [1.165, 1.54) is 18.4 Å². The van der Waals surface area contributed by atoms with Crippen LogP contribution in [-0.4, -0.2) is 48.6 Å². The number of aryl methyl sites for hydroxylation is 1. The number of halogens is 1. The number of aliphatic imine (C=N–C) groups is 1. The average molecular weight is 434 g/mol. The van der Waals surface area contributed by atoms with Gasteiger partial charge in [-0.1, -0.05) is 29.8 Å². The Morgan fingerprint density at radius 3 is 2.76 bits per heavy atom. The highest BCUT2D eigenvalue weighted by atomic mass is 35.5. The summed E-state index contributed by atoms with van der Waals surface area (Å²) in [7, 11) is 0. The zero-order valence-electron chi connectivity index (χ0n) is 17.5. The van der Waals surface area contributed by atoms with Crippen LogP contribution in [0.3, 0.4) is 0 Å². The van der Waals surface area contributed by atoms with Gasteiger partial charge < -0.3 is 10.6 Å². The molecule has 0 saturated carbocycles. The van der Waals surface area contributed by atoms with Gasteiger partial charge in [0.15, 0.2) is 5.96 Å². The number of thiazole rings is 1. The molecule has 0 amide bonds. The first-order valence-electron chi connectivity index (χ1n) is 10.5. The molecule has 0 aliphatic carbocycles. The first-order valence-corrected chi connectivity index (χ1v) is 11.8. The van der Waals surface area contributed by atoms with Gasteiger partial charge in [-0.05, 0) is 57.3 Å². The topological polar surface area (TPSA) is 52.6 Å². The third-order valence-corrected chi connectivity index (χ3v) is 6.44. The molecule has 0 atom stereocenters.